The summed E-state index contributed by atoms with van der Waals surface area (Å²) in [4.78, 5) is 3.94. The third kappa shape index (κ3) is 2.09. The molecule has 0 aliphatic carbocycles. The SMILES string of the molecule is COc1cc(Cl)ncc1CCN. The molecule has 0 fully saturated rings. The third-order valence-corrected chi connectivity index (χ3v) is 1.75. The Bertz CT molecular complexity index is 265. The van der Waals surface area contributed by atoms with Crippen molar-refractivity contribution in [2.45, 2.75) is 6.42 Å². The highest BCUT2D eigenvalue weighted by molar-refractivity contribution is 6.29. The lowest BCUT2D eigenvalue weighted by atomic mass is 10.2. The quantitative estimate of drug-likeness (QED) is 0.723. The smallest absolute Gasteiger partial charge is 0.132 e. The Hall–Kier alpha value is -0.800. The first-order valence-corrected chi connectivity index (χ1v) is 4.04. The second-order valence-corrected chi connectivity index (χ2v) is 2.74. The van der Waals surface area contributed by atoms with E-state index in [1.165, 1.54) is 0 Å². The fourth-order valence-electron chi connectivity index (χ4n) is 0.975. The van der Waals surface area contributed by atoms with E-state index in [0.717, 1.165) is 17.7 Å². The molecule has 0 spiro atoms. The highest BCUT2D eigenvalue weighted by atomic mass is 35.5. The van der Waals surface area contributed by atoms with Crippen molar-refractivity contribution in [3.8, 4) is 5.75 Å². The van der Waals surface area contributed by atoms with Crippen LogP contribution >= 0.6 is 11.6 Å². The second kappa shape index (κ2) is 4.28. The van der Waals surface area contributed by atoms with E-state index in [1.54, 1.807) is 19.4 Å². The van der Waals surface area contributed by atoms with Crippen LogP contribution in [0.2, 0.25) is 5.15 Å². The molecule has 0 radical (unpaired) electrons. The molecule has 1 heterocycles. The van der Waals surface area contributed by atoms with Gasteiger partial charge in [-0.25, -0.2) is 4.98 Å². The molecule has 0 atom stereocenters. The minimum atomic E-state index is 0.438. The standard InChI is InChI=1S/C8H11ClN2O/c1-12-7-4-8(9)11-5-6(7)2-3-10/h4-5H,2-3,10H2,1H3. The molecule has 1 aromatic rings. The number of aromatic nitrogens is 1. The maximum Gasteiger partial charge on any atom is 0.132 e. The summed E-state index contributed by atoms with van der Waals surface area (Å²) in [5.41, 5.74) is 6.40. The van der Waals surface area contributed by atoms with Gasteiger partial charge in [-0.1, -0.05) is 11.6 Å². The third-order valence-electron chi connectivity index (χ3n) is 1.54. The predicted molar refractivity (Wildman–Crippen MR) is 48.6 cm³/mol. The Labute approximate surface area is 76.5 Å². The van der Waals surface area contributed by atoms with Crippen LogP contribution in [0.3, 0.4) is 0 Å². The van der Waals surface area contributed by atoms with E-state index in [2.05, 4.69) is 4.98 Å². The van der Waals surface area contributed by atoms with Crippen LogP contribution in [-0.2, 0) is 6.42 Å². The van der Waals surface area contributed by atoms with Crippen molar-refractivity contribution in [3.63, 3.8) is 0 Å². The molecule has 0 bridgehead atoms. The van der Waals surface area contributed by atoms with E-state index >= 15 is 0 Å². The number of pyridine rings is 1. The van der Waals surface area contributed by atoms with Crippen molar-refractivity contribution in [3.05, 3.63) is 23.0 Å². The van der Waals surface area contributed by atoms with Crippen LogP contribution < -0.4 is 10.5 Å². The summed E-state index contributed by atoms with van der Waals surface area (Å²) >= 11 is 5.67. The van der Waals surface area contributed by atoms with Gasteiger partial charge in [-0.05, 0) is 13.0 Å². The van der Waals surface area contributed by atoms with E-state index in [1.807, 2.05) is 0 Å². The fourth-order valence-corrected chi connectivity index (χ4v) is 1.12. The van der Waals surface area contributed by atoms with Gasteiger partial charge in [-0.2, -0.15) is 0 Å². The molecule has 0 unspecified atom stereocenters. The Morgan fingerprint density at radius 2 is 2.42 bits per heavy atom. The topological polar surface area (TPSA) is 48.1 Å². The van der Waals surface area contributed by atoms with Crippen LogP contribution in [0.15, 0.2) is 12.3 Å². The number of rotatable bonds is 3. The van der Waals surface area contributed by atoms with E-state index in [0.29, 0.717) is 11.7 Å². The van der Waals surface area contributed by atoms with Crippen LogP contribution in [-0.4, -0.2) is 18.6 Å². The minimum absolute atomic E-state index is 0.438. The molecule has 2 N–H and O–H groups in total. The molecule has 0 aliphatic rings. The van der Waals surface area contributed by atoms with Crippen LogP contribution in [0.5, 0.6) is 5.75 Å². The number of ether oxygens (including phenoxy) is 1. The molecule has 12 heavy (non-hydrogen) atoms. The van der Waals surface area contributed by atoms with Crippen molar-refractivity contribution in [2.24, 2.45) is 5.73 Å². The van der Waals surface area contributed by atoms with Gasteiger partial charge < -0.3 is 10.5 Å². The monoisotopic (exact) mass is 186 g/mol. The molecule has 0 aromatic carbocycles. The van der Waals surface area contributed by atoms with Gasteiger partial charge in [0.15, 0.2) is 0 Å². The summed E-state index contributed by atoms with van der Waals surface area (Å²) in [5.74, 6) is 0.750. The van der Waals surface area contributed by atoms with Crippen LogP contribution in [0, 0.1) is 0 Å². The first-order chi connectivity index (χ1) is 5.77. The number of methoxy groups -OCH3 is 1. The van der Waals surface area contributed by atoms with E-state index in [4.69, 9.17) is 22.1 Å². The number of hydrogen-bond acceptors (Lipinski definition) is 3. The van der Waals surface area contributed by atoms with Crippen molar-refractivity contribution in [2.75, 3.05) is 13.7 Å². The van der Waals surface area contributed by atoms with Gasteiger partial charge >= 0.3 is 0 Å². The van der Waals surface area contributed by atoms with Crippen LogP contribution in [0.25, 0.3) is 0 Å². The van der Waals surface area contributed by atoms with Crippen molar-refractivity contribution in [1.29, 1.82) is 0 Å². The average Bonchev–Trinajstić information content (AvgIpc) is 2.08. The van der Waals surface area contributed by atoms with Gasteiger partial charge in [0.2, 0.25) is 0 Å². The van der Waals surface area contributed by atoms with Gasteiger partial charge in [0, 0.05) is 17.8 Å². The Morgan fingerprint density at radius 3 is 3.00 bits per heavy atom. The predicted octanol–water partition coefficient (Wildman–Crippen LogP) is 1.24. The summed E-state index contributed by atoms with van der Waals surface area (Å²) in [6.45, 7) is 0.583. The van der Waals surface area contributed by atoms with Gasteiger partial charge in [0.25, 0.3) is 0 Å². The first-order valence-electron chi connectivity index (χ1n) is 3.66. The Kier molecular flexibility index (Phi) is 3.31. The molecule has 0 saturated carbocycles. The van der Waals surface area contributed by atoms with Gasteiger partial charge in [0.1, 0.15) is 10.9 Å². The average molecular weight is 187 g/mol. The van der Waals surface area contributed by atoms with E-state index < -0.39 is 0 Å². The van der Waals surface area contributed by atoms with Crippen molar-refractivity contribution >= 4 is 11.6 Å². The van der Waals surface area contributed by atoms with Crippen LogP contribution in [0.1, 0.15) is 5.56 Å². The number of halogens is 1. The Balaban J connectivity index is 2.94. The molecule has 0 saturated heterocycles. The zero-order valence-electron chi connectivity index (χ0n) is 6.88. The van der Waals surface area contributed by atoms with Gasteiger partial charge in [-0.3, -0.25) is 0 Å². The van der Waals surface area contributed by atoms with Crippen molar-refractivity contribution < 1.29 is 4.74 Å². The summed E-state index contributed by atoms with van der Waals surface area (Å²) in [6, 6.07) is 1.69. The highest BCUT2D eigenvalue weighted by Gasteiger charge is 2.02. The van der Waals surface area contributed by atoms with Crippen LogP contribution in [0.4, 0.5) is 0 Å². The molecule has 66 valence electrons. The zero-order valence-corrected chi connectivity index (χ0v) is 7.64. The summed E-state index contributed by atoms with van der Waals surface area (Å²) in [5, 5.41) is 0.438. The lowest BCUT2D eigenvalue weighted by Crippen LogP contribution is -2.04. The highest BCUT2D eigenvalue weighted by Crippen LogP contribution is 2.20. The molecule has 3 nitrogen and oxygen atoms in total. The van der Waals surface area contributed by atoms with E-state index in [-0.39, 0.29) is 0 Å². The van der Waals surface area contributed by atoms with Crippen molar-refractivity contribution in [1.82, 2.24) is 4.98 Å². The minimum Gasteiger partial charge on any atom is -0.496 e. The lowest BCUT2D eigenvalue weighted by molar-refractivity contribution is 0.409. The largest absolute Gasteiger partial charge is 0.496 e. The number of nitrogens with two attached hydrogens (primary N) is 1. The normalized spacial score (nSPS) is 9.92. The zero-order chi connectivity index (χ0) is 8.97. The molecule has 0 amide bonds. The summed E-state index contributed by atoms with van der Waals surface area (Å²) in [6.07, 6.45) is 2.45. The first kappa shape index (κ1) is 9.29. The Morgan fingerprint density at radius 1 is 1.67 bits per heavy atom. The molecule has 4 heteroatoms. The second-order valence-electron chi connectivity index (χ2n) is 2.36. The summed E-state index contributed by atoms with van der Waals surface area (Å²) < 4.78 is 5.10. The molecule has 1 rings (SSSR count). The molecule has 0 aliphatic heterocycles. The van der Waals surface area contributed by atoms with Gasteiger partial charge in [-0.15, -0.1) is 0 Å². The number of hydrogen-bond donors (Lipinski definition) is 1. The lowest BCUT2D eigenvalue weighted by Gasteiger charge is -2.06. The van der Waals surface area contributed by atoms with E-state index in [9.17, 15) is 0 Å². The maximum atomic E-state index is 5.67. The maximum absolute atomic E-state index is 5.67. The molecule has 1 aromatic heterocycles. The molecular weight excluding hydrogens is 176 g/mol. The molecular formula is C8H11ClN2O. The van der Waals surface area contributed by atoms with Gasteiger partial charge in [0.05, 0.1) is 7.11 Å². The summed E-state index contributed by atoms with van der Waals surface area (Å²) in [7, 11) is 1.60. The number of nitrogens with zero attached hydrogens (tertiary/aromatic N) is 1. The fraction of sp³-hybridized carbons (Fsp3) is 0.375.